The molecule has 0 aliphatic carbocycles. The molecule has 0 saturated heterocycles. The Kier molecular flexibility index (Phi) is 3.24. The van der Waals surface area contributed by atoms with Gasteiger partial charge >= 0.3 is 0 Å². The Labute approximate surface area is 101 Å². The number of benzene rings is 1. The number of nitrogens with zero attached hydrogens (tertiary/aromatic N) is 2. The maximum atomic E-state index is 8.70. The third-order valence-electron chi connectivity index (χ3n) is 2.59. The number of nitrogens with one attached hydrogen (secondary N) is 1. The maximum Gasteiger partial charge on any atom is 0.210 e. The summed E-state index contributed by atoms with van der Waals surface area (Å²) in [4.78, 5) is 6.93. The highest BCUT2D eigenvalue weighted by molar-refractivity contribution is 5.59. The van der Waals surface area contributed by atoms with Gasteiger partial charge in [-0.1, -0.05) is 38.1 Å². The summed E-state index contributed by atoms with van der Waals surface area (Å²) in [6, 6.07) is 10.4. The first-order chi connectivity index (χ1) is 8.19. The zero-order valence-electron chi connectivity index (χ0n) is 10.1. The topological polar surface area (TPSA) is 52.5 Å². The van der Waals surface area contributed by atoms with Gasteiger partial charge < -0.3 is 4.98 Å². The predicted octanol–water partition coefficient (Wildman–Crippen LogP) is 3.15. The fourth-order valence-corrected chi connectivity index (χ4v) is 1.82. The summed E-state index contributed by atoms with van der Waals surface area (Å²) in [6.07, 6.45) is 2.78. The molecule has 3 nitrogen and oxygen atoms in total. The van der Waals surface area contributed by atoms with Gasteiger partial charge in [-0.2, -0.15) is 5.26 Å². The summed E-state index contributed by atoms with van der Waals surface area (Å²) in [5.41, 5.74) is 3.29. The van der Waals surface area contributed by atoms with Gasteiger partial charge in [-0.15, -0.1) is 0 Å². The molecule has 0 saturated carbocycles. The van der Waals surface area contributed by atoms with Crippen LogP contribution in [0.4, 0.5) is 0 Å². The van der Waals surface area contributed by atoms with Crippen LogP contribution < -0.4 is 0 Å². The smallest absolute Gasteiger partial charge is 0.210 e. The molecule has 1 aromatic carbocycles. The van der Waals surface area contributed by atoms with Crippen molar-refractivity contribution < 1.29 is 0 Å². The van der Waals surface area contributed by atoms with Gasteiger partial charge in [0.1, 0.15) is 6.07 Å². The Morgan fingerprint density at radius 3 is 2.53 bits per heavy atom. The summed E-state index contributed by atoms with van der Waals surface area (Å²) in [5, 5.41) is 8.70. The number of hydrogen-bond acceptors (Lipinski definition) is 2. The largest absolute Gasteiger partial charge is 0.329 e. The number of aromatic nitrogens is 2. The van der Waals surface area contributed by atoms with Crippen molar-refractivity contribution in [3.63, 3.8) is 0 Å². The minimum atomic E-state index is 0.353. The fourth-order valence-electron chi connectivity index (χ4n) is 1.82. The molecule has 86 valence electrons. The normalized spacial score (nSPS) is 10.5. The van der Waals surface area contributed by atoms with Gasteiger partial charge in [0.15, 0.2) is 0 Å². The van der Waals surface area contributed by atoms with Crippen molar-refractivity contribution in [1.82, 2.24) is 9.97 Å². The van der Waals surface area contributed by atoms with Crippen LogP contribution in [0.15, 0.2) is 30.5 Å². The maximum absolute atomic E-state index is 8.70. The van der Waals surface area contributed by atoms with E-state index in [0.717, 1.165) is 17.7 Å². The van der Waals surface area contributed by atoms with Crippen molar-refractivity contribution in [1.29, 1.82) is 5.26 Å². The molecular weight excluding hydrogens is 210 g/mol. The highest BCUT2D eigenvalue weighted by Gasteiger charge is 2.03. The number of nitriles is 1. The fraction of sp³-hybridized carbons (Fsp3) is 0.286. The SMILES string of the molecule is CC(C)Cc1ccc(-c2cnc(C#N)[nH]2)cc1. The molecule has 17 heavy (non-hydrogen) atoms. The molecule has 0 radical (unpaired) electrons. The molecular formula is C14H15N3. The van der Waals surface area contributed by atoms with E-state index in [1.165, 1.54) is 5.56 Å². The second-order valence-corrected chi connectivity index (χ2v) is 4.55. The lowest BCUT2D eigenvalue weighted by molar-refractivity contribution is 0.647. The molecule has 3 heteroatoms. The van der Waals surface area contributed by atoms with E-state index in [1.807, 2.05) is 6.07 Å². The Hall–Kier alpha value is -2.08. The summed E-state index contributed by atoms with van der Waals surface area (Å²) in [6.45, 7) is 4.42. The lowest BCUT2D eigenvalue weighted by Gasteiger charge is -2.05. The van der Waals surface area contributed by atoms with Gasteiger partial charge in [0.05, 0.1) is 11.9 Å². The van der Waals surface area contributed by atoms with E-state index in [0.29, 0.717) is 11.7 Å². The Morgan fingerprint density at radius 1 is 1.29 bits per heavy atom. The highest BCUT2D eigenvalue weighted by atomic mass is 14.9. The van der Waals surface area contributed by atoms with E-state index in [1.54, 1.807) is 6.20 Å². The van der Waals surface area contributed by atoms with E-state index in [4.69, 9.17) is 5.26 Å². The molecule has 2 aromatic rings. The van der Waals surface area contributed by atoms with Crippen molar-refractivity contribution in [2.24, 2.45) is 5.92 Å². The summed E-state index contributed by atoms with van der Waals surface area (Å²) in [7, 11) is 0. The molecule has 0 aliphatic heterocycles. The molecule has 0 unspecified atom stereocenters. The average molecular weight is 225 g/mol. The van der Waals surface area contributed by atoms with Gasteiger partial charge in [0, 0.05) is 0 Å². The minimum Gasteiger partial charge on any atom is -0.329 e. The van der Waals surface area contributed by atoms with E-state index in [2.05, 4.69) is 48.1 Å². The first kappa shape index (κ1) is 11.4. The second kappa shape index (κ2) is 4.84. The van der Waals surface area contributed by atoms with Crippen LogP contribution in [0.5, 0.6) is 0 Å². The monoisotopic (exact) mass is 225 g/mol. The molecule has 1 N–H and O–H groups in total. The van der Waals surface area contributed by atoms with Crippen molar-refractivity contribution >= 4 is 0 Å². The molecule has 0 amide bonds. The van der Waals surface area contributed by atoms with E-state index < -0.39 is 0 Å². The lowest BCUT2D eigenvalue weighted by atomic mass is 10.0. The zero-order chi connectivity index (χ0) is 12.3. The second-order valence-electron chi connectivity index (χ2n) is 4.55. The Bertz CT molecular complexity index is 529. The van der Waals surface area contributed by atoms with E-state index in [9.17, 15) is 0 Å². The first-order valence-corrected chi connectivity index (χ1v) is 5.73. The summed E-state index contributed by atoms with van der Waals surface area (Å²) in [5.74, 6) is 1.02. The third-order valence-corrected chi connectivity index (χ3v) is 2.59. The predicted molar refractivity (Wildman–Crippen MR) is 67.3 cm³/mol. The molecule has 1 aromatic heterocycles. The van der Waals surface area contributed by atoms with Crippen LogP contribution in [0.25, 0.3) is 11.3 Å². The Balaban J connectivity index is 2.20. The molecule has 0 aliphatic rings. The van der Waals surface area contributed by atoms with Gasteiger partial charge in [-0.3, -0.25) is 0 Å². The minimum absolute atomic E-state index is 0.353. The number of rotatable bonds is 3. The average Bonchev–Trinajstić information content (AvgIpc) is 2.78. The third kappa shape index (κ3) is 2.73. The van der Waals surface area contributed by atoms with Crippen molar-refractivity contribution in [3.8, 4) is 17.3 Å². The molecule has 0 spiro atoms. The van der Waals surface area contributed by atoms with E-state index >= 15 is 0 Å². The van der Waals surface area contributed by atoms with Crippen molar-refractivity contribution in [3.05, 3.63) is 41.9 Å². The van der Waals surface area contributed by atoms with Crippen LogP contribution in [0.1, 0.15) is 25.2 Å². The quantitative estimate of drug-likeness (QED) is 0.872. The van der Waals surface area contributed by atoms with Crippen LogP contribution in [0.3, 0.4) is 0 Å². The van der Waals surface area contributed by atoms with Gasteiger partial charge in [0.2, 0.25) is 5.82 Å². The molecule has 2 rings (SSSR count). The highest BCUT2D eigenvalue weighted by Crippen LogP contribution is 2.18. The van der Waals surface area contributed by atoms with Crippen LogP contribution in [-0.4, -0.2) is 9.97 Å². The molecule has 0 fully saturated rings. The Morgan fingerprint density at radius 2 is 2.00 bits per heavy atom. The van der Waals surface area contributed by atoms with Crippen molar-refractivity contribution in [2.45, 2.75) is 20.3 Å². The van der Waals surface area contributed by atoms with Gasteiger partial charge in [-0.25, -0.2) is 4.98 Å². The summed E-state index contributed by atoms with van der Waals surface area (Å²) < 4.78 is 0. The van der Waals surface area contributed by atoms with Crippen LogP contribution in [0.2, 0.25) is 0 Å². The number of aromatic amines is 1. The molecule has 0 atom stereocenters. The van der Waals surface area contributed by atoms with Crippen LogP contribution in [0, 0.1) is 17.2 Å². The van der Waals surface area contributed by atoms with Crippen LogP contribution >= 0.6 is 0 Å². The van der Waals surface area contributed by atoms with Gasteiger partial charge in [0.25, 0.3) is 0 Å². The zero-order valence-corrected chi connectivity index (χ0v) is 10.1. The molecule has 0 bridgehead atoms. The summed E-state index contributed by atoms with van der Waals surface area (Å²) >= 11 is 0. The molecule has 1 heterocycles. The number of H-pyrrole nitrogens is 1. The number of imidazole rings is 1. The van der Waals surface area contributed by atoms with Crippen LogP contribution in [-0.2, 0) is 6.42 Å². The number of hydrogen-bond donors (Lipinski definition) is 1. The van der Waals surface area contributed by atoms with Gasteiger partial charge in [-0.05, 0) is 23.5 Å². The standard InChI is InChI=1S/C14H15N3/c1-10(2)7-11-3-5-12(6-4-11)13-9-16-14(8-15)17-13/h3-6,9-10H,7H2,1-2H3,(H,16,17). The lowest BCUT2D eigenvalue weighted by Crippen LogP contribution is -1.93. The van der Waals surface area contributed by atoms with Crippen molar-refractivity contribution in [2.75, 3.05) is 0 Å². The first-order valence-electron chi connectivity index (χ1n) is 5.73. The van der Waals surface area contributed by atoms with E-state index in [-0.39, 0.29) is 0 Å².